The van der Waals surface area contributed by atoms with E-state index in [0.717, 1.165) is 0 Å². The summed E-state index contributed by atoms with van der Waals surface area (Å²) in [4.78, 5) is 2.70. The molecule has 0 spiro atoms. The maximum absolute atomic E-state index is 3.84. The van der Waals surface area contributed by atoms with Gasteiger partial charge in [0, 0.05) is 29.0 Å². The zero-order chi connectivity index (χ0) is 13.7. The lowest BCUT2D eigenvalue weighted by atomic mass is 10.0. The van der Waals surface area contributed by atoms with E-state index >= 15 is 0 Å². The maximum Gasteiger partial charge on any atom is 0.0418 e. The number of halogens is 6. The van der Waals surface area contributed by atoms with Crippen LogP contribution in [0.1, 0.15) is 38.5 Å². The molecule has 6 atom stereocenters. The molecule has 0 aromatic carbocycles. The first-order valence-corrected chi connectivity index (χ1v) is 11.8. The highest BCUT2D eigenvalue weighted by Gasteiger charge is 2.35. The van der Waals surface area contributed by atoms with Gasteiger partial charge >= 0.3 is 0 Å². The van der Waals surface area contributed by atoms with Crippen LogP contribution in [-0.2, 0) is 0 Å². The van der Waals surface area contributed by atoms with Crippen molar-refractivity contribution in [1.29, 1.82) is 0 Å². The topological polar surface area (TPSA) is 0 Å². The summed E-state index contributed by atoms with van der Waals surface area (Å²) in [6.07, 6.45) is 7.80. The molecule has 0 unspecified atom stereocenters. The summed E-state index contributed by atoms with van der Waals surface area (Å²) in [5.41, 5.74) is 0. The first-order valence-electron chi connectivity index (χ1n) is 6.29. The molecule has 0 aliphatic heterocycles. The third-order valence-corrected chi connectivity index (χ3v) is 13.6. The number of alkyl halides is 6. The molecule has 0 heterocycles. The van der Waals surface area contributed by atoms with Gasteiger partial charge in [-0.1, -0.05) is 121 Å². The predicted octanol–water partition coefficient (Wildman–Crippen LogP) is 6.92. The molecule has 0 saturated heterocycles. The molecule has 0 N–H and O–H groups in total. The summed E-state index contributed by atoms with van der Waals surface area (Å²) >= 11 is 23.0. The van der Waals surface area contributed by atoms with Crippen molar-refractivity contribution in [1.82, 2.24) is 0 Å². The van der Waals surface area contributed by atoms with Gasteiger partial charge in [-0.2, -0.15) is 0 Å². The molecule has 0 nitrogen and oxygen atoms in total. The lowest BCUT2D eigenvalue weighted by molar-refractivity contribution is 0.549. The number of rotatable bonds is 0. The SMILES string of the molecule is Br[C@H]1[C@H](Br)[C@@H](Br)[C@H](Br)CCCCCC[C@@H](Br)[C@@H]1Br. The summed E-state index contributed by atoms with van der Waals surface area (Å²) in [6.45, 7) is 0. The van der Waals surface area contributed by atoms with Crippen LogP contribution in [0.4, 0.5) is 0 Å². The second-order valence-corrected chi connectivity index (χ2v) is 11.4. The lowest BCUT2D eigenvalue weighted by Crippen LogP contribution is -2.39. The van der Waals surface area contributed by atoms with E-state index in [-0.39, 0.29) is 0 Å². The predicted molar refractivity (Wildman–Crippen MR) is 104 cm³/mol. The molecule has 0 amide bonds. The monoisotopic (exact) mass is 636 g/mol. The Labute approximate surface area is 161 Å². The summed E-state index contributed by atoms with van der Waals surface area (Å²) in [5, 5.41) is 0. The Balaban J connectivity index is 2.71. The van der Waals surface area contributed by atoms with Crippen LogP contribution < -0.4 is 0 Å². The molecule has 0 radical (unpaired) electrons. The molecule has 1 aliphatic carbocycles. The fourth-order valence-electron chi connectivity index (χ4n) is 2.10. The largest absolute Gasteiger partial charge is 0.0878 e. The highest BCUT2D eigenvalue weighted by Crippen LogP contribution is 2.37. The Morgan fingerprint density at radius 1 is 0.444 bits per heavy atom. The fraction of sp³-hybridized carbons (Fsp3) is 1.00. The van der Waals surface area contributed by atoms with Crippen molar-refractivity contribution >= 4 is 95.6 Å². The third kappa shape index (κ3) is 5.94. The first kappa shape index (κ1) is 18.9. The van der Waals surface area contributed by atoms with Crippen molar-refractivity contribution in [3.63, 3.8) is 0 Å². The van der Waals surface area contributed by atoms with Gasteiger partial charge < -0.3 is 0 Å². The van der Waals surface area contributed by atoms with Crippen molar-refractivity contribution in [2.45, 2.75) is 67.5 Å². The van der Waals surface area contributed by atoms with Crippen molar-refractivity contribution < 1.29 is 0 Å². The highest BCUT2D eigenvalue weighted by molar-refractivity contribution is 9.15. The van der Waals surface area contributed by atoms with Gasteiger partial charge in [-0.15, -0.1) is 0 Å². The number of hydrogen-bond acceptors (Lipinski definition) is 0. The molecule has 1 saturated carbocycles. The quantitative estimate of drug-likeness (QED) is 0.252. The molecule has 0 aromatic heterocycles. The average Bonchev–Trinajstić information content (AvgIpc) is 2.37. The molecule has 1 rings (SSSR count). The summed E-state index contributed by atoms with van der Waals surface area (Å²) in [7, 11) is 0. The Bertz CT molecular complexity index is 213. The van der Waals surface area contributed by atoms with Crippen LogP contribution in [0.5, 0.6) is 0 Å². The van der Waals surface area contributed by atoms with Crippen LogP contribution >= 0.6 is 95.6 Å². The van der Waals surface area contributed by atoms with E-state index in [0.29, 0.717) is 29.0 Å². The highest BCUT2D eigenvalue weighted by atomic mass is 79.9. The number of hydrogen-bond donors (Lipinski definition) is 0. The van der Waals surface area contributed by atoms with Gasteiger partial charge in [0.25, 0.3) is 0 Å². The van der Waals surface area contributed by atoms with E-state index in [1.807, 2.05) is 0 Å². The van der Waals surface area contributed by atoms with Crippen LogP contribution in [-0.4, -0.2) is 29.0 Å². The minimum absolute atomic E-state index is 0.394. The van der Waals surface area contributed by atoms with Crippen LogP contribution in [0.15, 0.2) is 0 Å². The van der Waals surface area contributed by atoms with E-state index in [2.05, 4.69) is 95.6 Å². The standard InChI is InChI=1S/C12H18Br6/c13-7-5-3-1-2-4-6-8(14)10(16)12(18)11(17)9(7)15/h7-12H,1-6H2/t7-,8-,9+,10+,11-,12-/m1/s1. The summed E-state index contributed by atoms with van der Waals surface area (Å²) in [6, 6.07) is 0. The molecule has 1 fully saturated rings. The zero-order valence-corrected chi connectivity index (χ0v) is 19.5. The Morgan fingerprint density at radius 2 is 0.778 bits per heavy atom. The fourth-order valence-corrected chi connectivity index (χ4v) is 7.63. The van der Waals surface area contributed by atoms with Gasteiger partial charge in [-0.25, -0.2) is 0 Å². The van der Waals surface area contributed by atoms with Gasteiger partial charge in [-0.3, -0.25) is 0 Å². The van der Waals surface area contributed by atoms with E-state index in [1.54, 1.807) is 0 Å². The molecule has 6 heteroatoms. The molecule has 18 heavy (non-hydrogen) atoms. The normalized spacial score (nSPS) is 45.0. The minimum Gasteiger partial charge on any atom is -0.0878 e. The van der Waals surface area contributed by atoms with Crippen molar-refractivity contribution in [2.75, 3.05) is 0 Å². The van der Waals surface area contributed by atoms with Crippen LogP contribution in [0, 0.1) is 0 Å². The van der Waals surface area contributed by atoms with Gasteiger partial charge in [-0.05, 0) is 12.8 Å². The van der Waals surface area contributed by atoms with E-state index in [9.17, 15) is 0 Å². The minimum atomic E-state index is 0.394. The van der Waals surface area contributed by atoms with Crippen LogP contribution in [0.25, 0.3) is 0 Å². The van der Waals surface area contributed by atoms with Crippen LogP contribution in [0.3, 0.4) is 0 Å². The van der Waals surface area contributed by atoms with E-state index in [1.165, 1.54) is 38.5 Å². The Hall–Kier alpha value is 2.88. The second-order valence-electron chi connectivity index (χ2n) is 4.80. The van der Waals surface area contributed by atoms with Gasteiger partial charge in [0.1, 0.15) is 0 Å². The molecule has 0 aromatic rings. The molecule has 1 aliphatic rings. The first-order chi connectivity index (χ1) is 8.45. The average molecular weight is 642 g/mol. The van der Waals surface area contributed by atoms with Crippen molar-refractivity contribution in [3.05, 3.63) is 0 Å². The maximum atomic E-state index is 3.84. The Kier molecular flexibility index (Phi) is 10.3. The zero-order valence-electron chi connectivity index (χ0n) is 9.97. The lowest BCUT2D eigenvalue weighted by Gasteiger charge is -2.31. The molecular weight excluding hydrogens is 624 g/mol. The van der Waals surface area contributed by atoms with Crippen LogP contribution in [0.2, 0.25) is 0 Å². The van der Waals surface area contributed by atoms with Crippen molar-refractivity contribution in [3.8, 4) is 0 Å². The summed E-state index contributed by atoms with van der Waals surface area (Å²) < 4.78 is 0. The van der Waals surface area contributed by atoms with Gasteiger partial charge in [0.2, 0.25) is 0 Å². The molecule has 108 valence electrons. The van der Waals surface area contributed by atoms with Gasteiger partial charge in [0.05, 0.1) is 0 Å². The Morgan fingerprint density at radius 3 is 1.11 bits per heavy atom. The van der Waals surface area contributed by atoms with Crippen molar-refractivity contribution in [2.24, 2.45) is 0 Å². The molecular formula is C12H18Br6. The van der Waals surface area contributed by atoms with E-state index < -0.39 is 0 Å². The molecule has 0 bridgehead atoms. The van der Waals surface area contributed by atoms with Gasteiger partial charge in [0.15, 0.2) is 0 Å². The third-order valence-electron chi connectivity index (χ3n) is 3.31. The van der Waals surface area contributed by atoms with E-state index in [4.69, 9.17) is 0 Å². The second kappa shape index (κ2) is 9.81. The smallest absolute Gasteiger partial charge is 0.0418 e. The summed E-state index contributed by atoms with van der Waals surface area (Å²) in [5.74, 6) is 0.